The second-order valence-electron chi connectivity index (χ2n) is 5.70. The van der Waals surface area contributed by atoms with Crippen LogP contribution in [0.2, 0.25) is 0 Å². The van der Waals surface area contributed by atoms with Crippen molar-refractivity contribution < 1.29 is 9.53 Å². The van der Waals surface area contributed by atoms with Crippen molar-refractivity contribution >= 4 is 27.5 Å². The van der Waals surface area contributed by atoms with Gasteiger partial charge in [0.05, 0.1) is 28.9 Å². The molecule has 1 aromatic carbocycles. The second kappa shape index (κ2) is 7.15. The van der Waals surface area contributed by atoms with Crippen LogP contribution in [0.25, 0.3) is 15.9 Å². The van der Waals surface area contributed by atoms with Gasteiger partial charge in [-0.05, 0) is 31.5 Å². The molecule has 126 valence electrons. The normalized spacial score (nSPS) is 12.5. The maximum Gasteiger partial charge on any atom is 0.261 e. The fraction of sp³-hybridized carbons (Fsp3) is 0.333. The maximum absolute atomic E-state index is 12.5. The van der Waals surface area contributed by atoms with Crippen LogP contribution in [-0.4, -0.2) is 35.4 Å². The number of carbonyl (C=O) groups is 1. The Bertz CT molecular complexity index is 839. The number of aryl methyl sites for hydroxylation is 1. The van der Waals surface area contributed by atoms with E-state index in [9.17, 15) is 4.79 Å². The predicted molar refractivity (Wildman–Crippen MR) is 97.1 cm³/mol. The molecule has 1 unspecified atom stereocenters. The summed E-state index contributed by atoms with van der Waals surface area (Å²) in [5.41, 5.74) is 1.92. The SMILES string of the molecule is CCC(COC)NC(=O)c1cc2c(C)nn(-c3ccccc3)c2s1. The van der Waals surface area contributed by atoms with E-state index in [0.29, 0.717) is 11.5 Å². The van der Waals surface area contributed by atoms with Gasteiger partial charge in [0.25, 0.3) is 5.91 Å². The largest absolute Gasteiger partial charge is 0.383 e. The van der Waals surface area contributed by atoms with Crippen molar-refractivity contribution in [3.8, 4) is 5.69 Å². The van der Waals surface area contributed by atoms with Crippen LogP contribution >= 0.6 is 11.3 Å². The molecule has 1 N–H and O–H groups in total. The van der Waals surface area contributed by atoms with E-state index in [1.54, 1.807) is 7.11 Å². The Kier molecular flexibility index (Phi) is 4.97. The van der Waals surface area contributed by atoms with Crippen LogP contribution in [0.4, 0.5) is 0 Å². The summed E-state index contributed by atoms with van der Waals surface area (Å²) in [5, 5.41) is 8.65. The highest BCUT2D eigenvalue weighted by atomic mass is 32.1. The lowest BCUT2D eigenvalue weighted by atomic mass is 10.2. The molecule has 0 aliphatic rings. The van der Waals surface area contributed by atoms with Gasteiger partial charge in [-0.15, -0.1) is 11.3 Å². The molecular formula is C18H21N3O2S. The van der Waals surface area contributed by atoms with Crippen molar-refractivity contribution in [3.05, 3.63) is 47.0 Å². The Balaban J connectivity index is 1.93. The monoisotopic (exact) mass is 343 g/mol. The summed E-state index contributed by atoms with van der Waals surface area (Å²) < 4.78 is 7.05. The van der Waals surface area contributed by atoms with E-state index >= 15 is 0 Å². The maximum atomic E-state index is 12.5. The zero-order chi connectivity index (χ0) is 17.1. The quantitative estimate of drug-likeness (QED) is 0.745. The molecule has 3 rings (SSSR count). The lowest BCUT2D eigenvalue weighted by Crippen LogP contribution is -2.37. The number of hydrogen-bond acceptors (Lipinski definition) is 4. The van der Waals surface area contributed by atoms with Crippen molar-refractivity contribution in [2.45, 2.75) is 26.3 Å². The van der Waals surface area contributed by atoms with Crippen LogP contribution in [0.1, 0.15) is 28.7 Å². The minimum absolute atomic E-state index is 0.0273. The average Bonchev–Trinajstić information content (AvgIpc) is 3.16. The number of amides is 1. The fourth-order valence-corrected chi connectivity index (χ4v) is 3.71. The Morgan fingerprint density at radius 3 is 2.79 bits per heavy atom. The van der Waals surface area contributed by atoms with Crippen molar-refractivity contribution in [1.82, 2.24) is 15.1 Å². The van der Waals surface area contributed by atoms with Crippen molar-refractivity contribution in [2.75, 3.05) is 13.7 Å². The number of carbonyl (C=O) groups excluding carboxylic acids is 1. The van der Waals surface area contributed by atoms with Crippen LogP contribution in [0.15, 0.2) is 36.4 Å². The van der Waals surface area contributed by atoms with Gasteiger partial charge in [0.1, 0.15) is 4.83 Å². The highest BCUT2D eigenvalue weighted by Crippen LogP contribution is 2.30. The molecule has 0 spiro atoms. The first-order valence-electron chi connectivity index (χ1n) is 7.98. The van der Waals surface area contributed by atoms with Crippen LogP contribution < -0.4 is 5.32 Å². The number of methoxy groups -OCH3 is 1. The molecule has 0 aliphatic heterocycles. The van der Waals surface area contributed by atoms with Gasteiger partial charge in [-0.3, -0.25) is 4.79 Å². The molecule has 3 aromatic rings. The van der Waals surface area contributed by atoms with E-state index < -0.39 is 0 Å². The summed E-state index contributed by atoms with van der Waals surface area (Å²) in [7, 11) is 1.64. The number of ether oxygens (including phenoxy) is 1. The molecule has 0 radical (unpaired) electrons. The lowest BCUT2D eigenvalue weighted by Gasteiger charge is -2.14. The highest BCUT2D eigenvalue weighted by Gasteiger charge is 2.19. The number of fused-ring (bicyclic) bond motifs is 1. The summed E-state index contributed by atoms with van der Waals surface area (Å²) in [6.45, 7) is 4.52. The molecule has 24 heavy (non-hydrogen) atoms. The van der Waals surface area contributed by atoms with Gasteiger partial charge in [0.2, 0.25) is 0 Å². The first kappa shape index (κ1) is 16.7. The highest BCUT2D eigenvalue weighted by molar-refractivity contribution is 7.20. The van der Waals surface area contributed by atoms with E-state index in [0.717, 1.165) is 28.0 Å². The number of nitrogens with zero attached hydrogens (tertiary/aromatic N) is 2. The third-order valence-electron chi connectivity index (χ3n) is 3.97. The molecule has 2 heterocycles. The van der Waals surface area contributed by atoms with E-state index in [-0.39, 0.29) is 11.9 Å². The molecule has 5 nitrogen and oxygen atoms in total. The molecule has 2 aromatic heterocycles. The lowest BCUT2D eigenvalue weighted by molar-refractivity contribution is 0.0899. The molecule has 0 saturated heterocycles. The molecule has 0 bridgehead atoms. The van der Waals surface area contributed by atoms with Gasteiger partial charge in [-0.25, -0.2) is 4.68 Å². The van der Waals surface area contributed by atoms with Gasteiger partial charge in [0, 0.05) is 12.5 Å². The summed E-state index contributed by atoms with van der Waals surface area (Å²) in [4.78, 5) is 14.2. The summed E-state index contributed by atoms with van der Waals surface area (Å²) in [5.74, 6) is -0.0564. The molecular weight excluding hydrogens is 322 g/mol. The number of aromatic nitrogens is 2. The Labute approximate surface area is 145 Å². The minimum atomic E-state index is -0.0564. The average molecular weight is 343 g/mol. The zero-order valence-electron chi connectivity index (χ0n) is 14.1. The number of rotatable bonds is 6. The van der Waals surface area contributed by atoms with Crippen molar-refractivity contribution in [1.29, 1.82) is 0 Å². The molecule has 1 amide bonds. The first-order chi connectivity index (χ1) is 11.6. The van der Waals surface area contributed by atoms with Gasteiger partial charge in [0.15, 0.2) is 0 Å². The van der Waals surface area contributed by atoms with Gasteiger partial charge >= 0.3 is 0 Å². The van der Waals surface area contributed by atoms with Crippen LogP contribution in [-0.2, 0) is 4.74 Å². The van der Waals surface area contributed by atoms with Crippen LogP contribution in [0, 0.1) is 6.92 Å². The third-order valence-corrected chi connectivity index (χ3v) is 5.07. The van der Waals surface area contributed by atoms with E-state index in [2.05, 4.69) is 10.4 Å². The molecule has 0 fully saturated rings. The first-order valence-corrected chi connectivity index (χ1v) is 8.80. The standard InChI is InChI=1S/C18H21N3O2S/c1-4-13(11-23-3)19-17(22)16-10-15-12(2)20-21(18(15)24-16)14-8-6-5-7-9-14/h5-10,13H,4,11H2,1-3H3,(H,19,22). The molecule has 0 saturated carbocycles. The molecule has 1 atom stereocenters. The van der Waals surface area contributed by atoms with Gasteiger partial charge < -0.3 is 10.1 Å². The Morgan fingerprint density at radius 1 is 1.38 bits per heavy atom. The van der Waals surface area contributed by atoms with Gasteiger partial charge in [-0.1, -0.05) is 25.1 Å². The zero-order valence-corrected chi connectivity index (χ0v) is 14.9. The Morgan fingerprint density at radius 2 is 2.12 bits per heavy atom. The predicted octanol–water partition coefficient (Wildman–Crippen LogP) is 3.55. The van der Waals surface area contributed by atoms with E-state index in [1.807, 2.05) is 54.9 Å². The van der Waals surface area contributed by atoms with Crippen molar-refractivity contribution in [2.24, 2.45) is 0 Å². The smallest absolute Gasteiger partial charge is 0.261 e. The number of hydrogen-bond donors (Lipinski definition) is 1. The number of thiophene rings is 1. The van der Waals surface area contributed by atoms with Gasteiger partial charge in [-0.2, -0.15) is 5.10 Å². The third kappa shape index (κ3) is 3.20. The van der Waals surface area contributed by atoms with Crippen molar-refractivity contribution in [3.63, 3.8) is 0 Å². The van der Waals surface area contributed by atoms with Crippen LogP contribution in [0.3, 0.4) is 0 Å². The minimum Gasteiger partial charge on any atom is -0.383 e. The number of nitrogens with one attached hydrogen (secondary N) is 1. The fourth-order valence-electron chi connectivity index (χ4n) is 2.62. The van der Waals surface area contributed by atoms with Crippen LogP contribution in [0.5, 0.6) is 0 Å². The van der Waals surface area contributed by atoms with E-state index in [1.165, 1.54) is 11.3 Å². The summed E-state index contributed by atoms with van der Waals surface area (Å²) >= 11 is 1.47. The number of benzene rings is 1. The van der Waals surface area contributed by atoms with E-state index in [4.69, 9.17) is 4.74 Å². The molecule has 0 aliphatic carbocycles. The molecule has 6 heteroatoms. The summed E-state index contributed by atoms with van der Waals surface area (Å²) in [6.07, 6.45) is 0.835. The topological polar surface area (TPSA) is 56.1 Å². The Hall–Kier alpha value is -2.18. The summed E-state index contributed by atoms with van der Waals surface area (Å²) in [6, 6.07) is 11.9. The second-order valence-corrected chi connectivity index (χ2v) is 6.73. The number of para-hydroxylation sites is 1.